The molecule has 0 aliphatic carbocycles. The van der Waals surface area contributed by atoms with Crippen molar-refractivity contribution in [3.63, 3.8) is 0 Å². The van der Waals surface area contributed by atoms with Gasteiger partial charge in [-0.15, -0.1) is 0 Å². The first kappa shape index (κ1) is 38.1. The first-order valence-electron chi connectivity index (χ1n) is 9.66. The Kier molecular flexibility index (Phi) is 18.9. The molecule has 196 valence electrons. The number of hydrogen-bond acceptors (Lipinski definition) is 12. The summed E-state index contributed by atoms with van der Waals surface area (Å²) in [7, 11) is 0.609. The van der Waals surface area contributed by atoms with Crippen molar-refractivity contribution in [2.75, 3.05) is 68.6 Å². The molecule has 4 N–H and O–H groups in total. The predicted octanol–water partition coefficient (Wildman–Crippen LogP) is -4.70. The van der Waals surface area contributed by atoms with Gasteiger partial charge < -0.3 is 67.1 Å². The zero-order chi connectivity index (χ0) is 26.0. The quantitative estimate of drug-likeness (QED) is 0.0867. The molecule has 0 bridgehead atoms. The Labute approximate surface area is 208 Å². The van der Waals surface area contributed by atoms with Crippen LogP contribution < -0.4 is 19.6 Å². The van der Waals surface area contributed by atoms with Crippen molar-refractivity contribution in [1.29, 1.82) is 0 Å². The zero-order valence-electron chi connectivity index (χ0n) is 20.1. The molecule has 17 heteroatoms. The second kappa shape index (κ2) is 16.4. The first-order chi connectivity index (χ1) is 14.1. The molecule has 0 aromatic rings. The topological polar surface area (TPSA) is 226 Å². The Morgan fingerprint density at radius 3 is 1.09 bits per heavy atom. The third kappa shape index (κ3) is 28.7. The van der Waals surface area contributed by atoms with Crippen molar-refractivity contribution in [3.05, 3.63) is 0 Å². The molecule has 14 nitrogen and oxygen atoms in total. The maximum Gasteiger partial charge on any atom is 2.00 e. The number of aliphatic hydroxyl groups excluding tert-OH is 4. The molecule has 33 heavy (non-hydrogen) atoms. The number of rotatable bonds is 14. The van der Waals surface area contributed by atoms with Crippen molar-refractivity contribution in [2.45, 2.75) is 37.3 Å². The minimum Gasteiger partial charge on any atom is -0.790 e. The van der Waals surface area contributed by atoms with E-state index in [1.807, 2.05) is 0 Å². The summed E-state index contributed by atoms with van der Waals surface area (Å²) in [6.45, 7) is -0.519. The van der Waals surface area contributed by atoms with Gasteiger partial charge in [-0.2, -0.15) is 0 Å². The summed E-state index contributed by atoms with van der Waals surface area (Å²) in [5, 5.41) is 35.7. The normalized spacial score (nSPS) is 16.7. The standard InChI is InChI=1S/2C8H20NO6P.Zn/c2*1-9(2,3)5-8(4-7(11)6-10)15-16(12,13)14;/h2*7-8,10-11H,4-6H2,1-3H3,(H-,12,13,14);/q;;+2/p-2. The van der Waals surface area contributed by atoms with E-state index < -0.39 is 53.3 Å². The molecule has 0 saturated heterocycles. The van der Waals surface area contributed by atoms with Crippen LogP contribution in [0.25, 0.3) is 0 Å². The molecule has 0 amide bonds. The van der Waals surface area contributed by atoms with Crippen molar-refractivity contribution >= 4 is 15.6 Å². The Morgan fingerprint density at radius 2 is 0.939 bits per heavy atom. The Balaban J connectivity index is -0.000000529. The van der Waals surface area contributed by atoms with Gasteiger partial charge in [0.05, 0.1) is 83.4 Å². The van der Waals surface area contributed by atoms with E-state index in [2.05, 4.69) is 9.05 Å². The van der Waals surface area contributed by atoms with E-state index in [9.17, 15) is 38.9 Å². The smallest absolute Gasteiger partial charge is 0.790 e. The van der Waals surface area contributed by atoms with Crippen LogP contribution in [0.15, 0.2) is 0 Å². The Morgan fingerprint density at radius 1 is 0.697 bits per heavy atom. The maximum atomic E-state index is 10.5. The summed E-state index contributed by atoms with van der Waals surface area (Å²) < 4.78 is 30.4. The fourth-order valence-corrected chi connectivity index (χ4v) is 3.68. The van der Waals surface area contributed by atoms with Crippen LogP contribution in [0.3, 0.4) is 0 Å². The fourth-order valence-electron chi connectivity index (χ4n) is 2.64. The molecule has 0 heterocycles. The summed E-state index contributed by atoms with van der Waals surface area (Å²) in [6, 6.07) is 0. The molecule has 0 saturated carbocycles. The van der Waals surface area contributed by atoms with E-state index in [1.165, 1.54) is 0 Å². The van der Waals surface area contributed by atoms with E-state index in [0.717, 1.165) is 0 Å². The molecule has 0 aromatic carbocycles. The molecule has 0 aliphatic heterocycles. The largest absolute Gasteiger partial charge is 2.00 e. The number of hydrogen-bond donors (Lipinski definition) is 4. The van der Waals surface area contributed by atoms with Gasteiger partial charge in [0.25, 0.3) is 0 Å². The van der Waals surface area contributed by atoms with Crippen LogP contribution in [0.5, 0.6) is 0 Å². The van der Waals surface area contributed by atoms with Gasteiger partial charge in [0.1, 0.15) is 25.3 Å². The SMILES string of the molecule is C[N+](C)(C)CC(CC(O)CO)OP(=O)([O-])[O-].C[N+](C)(C)CC(CC(O)CO)OP(=O)([O-])[O-].[Zn+2]. The van der Waals surface area contributed by atoms with Crippen LogP contribution in [0.1, 0.15) is 12.8 Å². The number of aliphatic hydroxyl groups is 4. The van der Waals surface area contributed by atoms with Gasteiger partial charge >= 0.3 is 19.5 Å². The molecule has 0 radical (unpaired) electrons. The molecule has 4 unspecified atom stereocenters. The summed E-state index contributed by atoms with van der Waals surface area (Å²) in [5.41, 5.74) is 0. The van der Waals surface area contributed by atoms with Crippen LogP contribution in [-0.2, 0) is 37.7 Å². The number of phosphoric acid groups is 2. The molecular formula is C16H38N2O12P2Zn. The van der Waals surface area contributed by atoms with Crippen molar-refractivity contribution in [2.24, 2.45) is 0 Å². The van der Waals surface area contributed by atoms with E-state index in [0.29, 0.717) is 8.97 Å². The molecule has 0 rings (SSSR count). The van der Waals surface area contributed by atoms with Crippen LogP contribution in [0.2, 0.25) is 0 Å². The maximum absolute atomic E-state index is 10.5. The number of quaternary nitrogens is 2. The van der Waals surface area contributed by atoms with E-state index in [-0.39, 0.29) is 45.4 Å². The van der Waals surface area contributed by atoms with Gasteiger partial charge in [0, 0.05) is 12.8 Å². The average molecular weight is 578 g/mol. The molecule has 0 aliphatic rings. The third-order valence-electron chi connectivity index (χ3n) is 3.55. The minimum atomic E-state index is -5.08. The second-order valence-corrected chi connectivity index (χ2v) is 11.6. The van der Waals surface area contributed by atoms with Crippen molar-refractivity contribution in [3.8, 4) is 0 Å². The number of phosphoric ester groups is 2. The summed E-state index contributed by atoms with van der Waals surface area (Å²) in [4.78, 5) is 42.0. The van der Waals surface area contributed by atoms with E-state index in [4.69, 9.17) is 10.2 Å². The summed E-state index contributed by atoms with van der Waals surface area (Å²) >= 11 is 0. The first-order valence-corrected chi connectivity index (χ1v) is 12.6. The van der Waals surface area contributed by atoms with Crippen LogP contribution in [0.4, 0.5) is 0 Å². The van der Waals surface area contributed by atoms with Gasteiger partial charge in [0.2, 0.25) is 0 Å². The van der Waals surface area contributed by atoms with Gasteiger partial charge in [-0.3, -0.25) is 0 Å². The monoisotopic (exact) mass is 576 g/mol. The third-order valence-corrected chi connectivity index (χ3v) is 4.66. The van der Waals surface area contributed by atoms with Gasteiger partial charge in [-0.1, -0.05) is 0 Å². The van der Waals surface area contributed by atoms with Crippen molar-refractivity contribution < 1.29 is 86.6 Å². The van der Waals surface area contributed by atoms with Crippen LogP contribution >= 0.6 is 15.6 Å². The second-order valence-electron chi connectivity index (χ2n) is 9.44. The summed E-state index contributed by atoms with van der Waals surface area (Å²) in [5.74, 6) is 0. The van der Waals surface area contributed by atoms with E-state index >= 15 is 0 Å². The van der Waals surface area contributed by atoms with E-state index in [1.54, 1.807) is 42.3 Å². The fraction of sp³-hybridized carbons (Fsp3) is 1.00. The summed E-state index contributed by atoms with van der Waals surface area (Å²) in [6.07, 6.45) is -4.24. The van der Waals surface area contributed by atoms with Crippen molar-refractivity contribution in [1.82, 2.24) is 0 Å². The molecule has 0 aromatic heterocycles. The van der Waals surface area contributed by atoms with Gasteiger partial charge in [0.15, 0.2) is 0 Å². The predicted molar refractivity (Wildman–Crippen MR) is 106 cm³/mol. The Bertz CT molecular complexity index is 553. The van der Waals surface area contributed by atoms with Crippen LogP contribution in [0, 0.1) is 0 Å². The molecule has 0 spiro atoms. The molecule has 4 atom stereocenters. The molecular weight excluding hydrogens is 540 g/mol. The number of likely N-dealkylation sites (N-methyl/N-ethyl adjacent to an activating group) is 2. The zero-order valence-corrected chi connectivity index (χ0v) is 24.9. The van der Waals surface area contributed by atoms with Gasteiger partial charge in [-0.05, 0) is 0 Å². The average Bonchev–Trinajstić information content (AvgIpc) is 2.48. The molecule has 0 fully saturated rings. The van der Waals surface area contributed by atoms with Crippen LogP contribution in [-0.4, -0.2) is 122 Å². The minimum absolute atomic E-state index is 0. The number of nitrogens with zero attached hydrogens (tertiary/aromatic N) is 2. The Hall–Kier alpha value is 0.603. The van der Waals surface area contributed by atoms with Gasteiger partial charge in [-0.25, -0.2) is 0 Å².